The molecule has 2 heteroatoms. The molecule has 0 atom stereocenters. The topological polar surface area (TPSA) is 25.2 Å². The van der Waals surface area contributed by atoms with Gasteiger partial charge in [-0.05, 0) is 24.3 Å². The number of rotatable bonds is 3. The predicted molar refractivity (Wildman–Crippen MR) is 51.3 cm³/mol. The molecule has 1 N–H and O–H groups in total. The zero-order chi connectivity index (χ0) is 8.93. The second kappa shape index (κ2) is 3.81. The van der Waals surface area contributed by atoms with E-state index < -0.39 is 0 Å². The molecule has 0 bridgehead atoms. The summed E-state index contributed by atoms with van der Waals surface area (Å²) in [4.78, 5) is 0. The number of hydrogen-bond acceptors (Lipinski definition) is 2. The van der Waals surface area contributed by atoms with Crippen molar-refractivity contribution in [3.63, 3.8) is 0 Å². The number of benzene rings is 1. The summed E-state index contributed by atoms with van der Waals surface area (Å²) in [6.07, 6.45) is 2.65. The van der Waals surface area contributed by atoms with Crippen molar-refractivity contribution < 1.29 is 4.42 Å². The quantitative estimate of drug-likeness (QED) is 0.770. The highest BCUT2D eigenvalue weighted by Crippen LogP contribution is 2.07. The van der Waals surface area contributed by atoms with Gasteiger partial charge in [0.25, 0.3) is 0 Å². The second-order valence-electron chi connectivity index (χ2n) is 2.74. The Kier molecular flexibility index (Phi) is 2.32. The zero-order valence-electron chi connectivity index (χ0n) is 7.16. The summed E-state index contributed by atoms with van der Waals surface area (Å²) in [7, 11) is 0. The molecule has 0 saturated heterocycles. The molecule has 1 radical (unpaired) electrons. The molecule has 0 spiro atoms. The lowest BCUT2D eigenvalue weighted by atomic mass is 10.3. The third-order valence-electron chi connectivity index (χ3n) is 1.77. The van der Waals surface area contributed by atoms with Crippen LogP contribution >= 0.6 is 0 Å². The lowest BCUT2D eigenvalue weighted by Crippen LogP contribution is -1.96. The molecule has 65 valence electrons. The van der Waals surface area contributed by atoms with Crippen LogP contribution in [-0.4, -0.2) is 0 Å². The van der Waals surface area contributed by atoms with Crippen molar-refractivity contribution in [3.05, 3.63) is 54.5 Å². The van der Waals surface area contributed by atoms with Gasteiger partial charge < -0.3 is 9.73 Å². The van der Waals surface area contributed by atoms with Crippen molar-refractivity contribution in [1.82, 2.24) is 0 Å². The molecule has 0 saturated carbocycles. The number of nitrogens with one attached hydrogen (secondary N) is 1. The Hall–Kier alpha value is -1.70. The van der Waals surface area contributed by atoms with Crippen LogP contribution in [0.4, 0.5) is 5.69 Å². The summed E-state index contributed by atoms with van der Waals surface area (Å²) >= 11 is 0. The molecule has 0 aliphatic rings. The Labute approximate surface area is 77.2 Å². The van der Waals surface area contributed by atoms with Gasteiger partial charge in [-0.2, -0.15) is 0 Å². The van der Waals surface area contributed by atoms with Crippen molar-refractivity contribution >= 4 is 5.69 Å². The minimum Gasteiger partial charge on any atom is -0.456 e. The predicted octanol–water partition coefficient (Wildman–Crippen LogP) is 2.69. The van der Waals surface area contributed by atoms with Gasteiger partial charge in [0.05, 0.1) is 6.54 Å². The van der Waals surface area contributed by atoms with Gasteiger partial charge in [0.1, 0.15) is 5.76 Å². The van der Waals surface area contributed by atoms with Crippen LogP contribution in [-0.2, 0) is 6.54 Å². The molecule has 0 unspecified atom stereocenters. The average Bonchev–Trinajstić information content (AvgIpc) is 2.69. The maximum atomic E-state index is 5.07. The van der Waals surface area contributed by atoms with Gasteiger partial charge in [0.15, 0.2) is 6.26 Å². The molecule has 2 rings (SSSR count). The average molecular weight is 172 g/mol. The van der Waals surface area contributed by atoms with E-state index in [1.165, 1.54) is 0 Å². The monoisotopic (exact) mass is 172 g/mol. The number of para-hydroxylation sites is 1. The van der Waals surface area contributed by atoms with Gasteiger partial charge in [0, 0.05) is 5.69 Å². The normalized spacial score (nSPS) is 9.85. The third kappa shape index (κ3) is 2.12. The first-order valence-electron chi connectivity index (χ1n) is 4.19. The molecule has 0 fully saturated rings. The fourth-order valence-electron chi connectivity index (χ4n) is 1.11. The van der Waals surface area contributed by atoms with E-state index >= 15 is 0 Å². The van der Waals surface area contributed by atoms with Crippen molar-refractivity contribution in [2.24, 2.45) is 0 Å². The Bertz CT molecular complexity index is 340. The highest BCUT2D eigenvalue weighted by atomic mass is 16.3. The van der Waals surface area contributed by atoms with Crippen molar-refractivity contribution in [1.29, 1.82) is 0 Å². The number of furan rings is 1. The van der Waals surface area contributed by atoms with Crippen molar-refractivity contribution in [3.8, 4) is 0 Å². The van der Waals surface area contributed by atoms with E-state index in [-0.39, 0.29) is 0 Å². The maximum Gasteiger partial charge on any atom is 0.169 e. The molecule has 0 aliphatic heterocycles. The minimum atomic E-state index is 0.702. The van der Waals surface area contributed by atoms with E-state index in [4.69, 9.17) is 4.42 Å². The van der Waals surface area contributed by atoms with Crippen LogP contribution in [0.2, 0.25) is 0 Å². The number of hydrogen-bond donors (Lipinski definition) is 1. The molecular weight excluding hydrogens is 162 g/mol. The summed E-state index contributed by atoms with van der Waals surface area (Å²) in [6.45, 7) is 0.702. The van der Waals surface area contributed by atoms with Crippen LogP contribution in [0.25, 0.3) is 0 Å². The largest absolute Gasteiger partial charge is 0.456 e. The van der Waals surface area contributed by atoms with Crippen molar-refractivity contribution in [2.75, 3.05) is 5.32 Å². The van der Waals surface area contributed by atoms with Gasteiger partial charge in [0.2, 0.25) is 0 Å². The van der Waals surface area contributed by atoms with E-state index in [9.17, 15) is 0 Å². The van der Waals surface area contributed by atoms with Gasteiger partial charge in [-0.1, -0.05) is 18.2 Å². The molecule has 1 heterocycles. The van der Waals surface area contributed by atoms with Crippen LogP contribution in [0.3, 0.4) is 0 Å². The van der Waals surface area contributed by atoms with Gasteiger partial charge in [-0.25, -0.2) is 0 Å². The van der Waals surface area contributed by atoms with E-state index in [0.717, 1.165) is 11.4 Å². The van der Waals surface area contributed by atoms with Crippen LogP contribution < -0.4 is 5.32 Å². The smallest absolute Gasteiger partial charge is 0.169 e. The third-order valence-corrected chi connectivity index (χ3v) is 1.77. The fourth-order valence-corrected chi connectivity index (χ4v) is 1.11. The molecule has 1 aromatic heterocycles. The second-order valence-corrected chi connectivity index (χ2v) is 2.74. The SMILES string of the molecule is [c]1ccc(CNc2ccccc2)o1. The minimum absolute atomic E-state index is 0.702. The lowest BCUT2D eigenvalue weighted by molar-refractivity contribution is 0.510. The molecular formula is C11H10NO. The van der Waals surface area contributed by atoms with Crippen LogP contribution in [0.15, 0.2) is 46.9 Å². The Morgan fingerprint density at radius 2 is 2.00 bits per heavy atom. The summed E-state index contributed by atoms with van der Waals surface area (Å²) in [6, 6.07) is 13.7. The number of anilines is 1. The molecule has 0 aliphatic carbocycles. The highest BCUT2D eigenvalue weighted by molar-refractivity contribution is 5.42. The van der Waals surface area contributed by atoms with E-state index in [1.54, 1.807) is 6.07 Å². The van der Waals surface area contributed by atoms with Crippen molar-refractivity contribution in [2.45, 2.75) is 6.54 Å². The molecule has 2 nitrogen and oxygen atoms in total. The van der Waals surface area contributed by atoms with E-state index in [1.807, 2.05) is 36.4 Å². The molecule has 0 amide bonds. The first-order valence-corrected chi connectivity index (χ1v) is 4.19. The lowest BCUT2D eigenvalue weighted by Gasteiger charge is -2.02. The van der Waals surface area contributed by atoms with Gasteiger partial charge in [-0.3, -0.25) is 0 Å². The Morgan fingerprint density at radius 1 is 1.15 bits per heavy atom. The van der Waals surface area contributed by atoms with E-state index in [2.05, 4.69) is 11.6 Å². The summed E-state index contributed by atoms with van der Waals surface area (Å²) < 4.78 is 5.07. The van der Waals surface area contributed by atoms with E-state index in [0.29, 0.717) is 6.54 Å². The zero-order valence-corrected chi connectivity index (χ0v) is 7.16. The fraction of sp³-hybridized carbons (Fsp3) is 0.0909. The standard InChI is InChI=1S/C11H10NO/c1-2-5-10(6-3-1)12-9-11-7-4-8-13-11/h1-7,12H,9H2. The highest BCUT2D eigenvalue weighted by Gasteiger charge is 1.94. The first-order chi connectivity index (χ1) is 6.45. The maximum absolute atomic E-state index is 5.07. The first kappa shape index (κ1) is 7.92. The van der Waals surface area contributed by atoms with Gasteiger partial charge in [-0.15, -0.1) is 0 Å². The molecule has 2 aromatic rings. The molecule has 1 aromatic carbocycles. The Balaban J connectivity index is 1.94. The summed E-state index contributed by atoms with van der Waals surface area (Å²) in [5.74, 6) is 0.892. The summed E-state index contributed by atoms with van der Waals surface area (Å²) in [5.41, 5.74) is 1.10. The summed E-state index contributed by atoms with van der Waals surface area (Å²) in [5, 5.41) is 3.23. The Morgan fingerprint density at radius 3 is 2.69 bits per heavy atom. The van der Waals surface area contributed by atoms with Gasteiger partial charge >= 0.3 is 0 Å². The molecule has 13 heavy (non-hydrogen) atoms. The van der Waals surface area contributed by atoms with Crippen LogP contribution in [0.1, 0.15) is 5.76 Å². The van der Waals surface area contributed by atoms with Crippen LogP contribution in [0.5, 0.6) is 0 Å². The van der Waals surface area contributed by atoms with Crippen LogP contribution in [0, 0.1) is 6.26 Å².